The molecule has 3 N–H and O–H groups in total. The predicted molar refractivity (Wildman–Crippen MR) is 113 cm³/mol. The third-order valence-electron chi connectivity index (χ3n) is 5.65. The molecule has 0 saturated heterocycles. The van der Waals surface area contributed by atoms with E-state index in [4.69, 9.17) is 10.7 Å². The first-order valence-electron chi connectivity index (χ1n) is 9.84. The molecule has 0 unspecified atom stereocenters. The Morgan fingerprint density at radius 1 is 1.17 bits per heavy atom. The smallest absolute Gasteiger partial charge is 0.211 e. The molecule has 1 aromatic carbocycles. The molecular formula is C23H21N5O2. The van der Waals surface area contributed by atoms with Gasteiger partial charge in [0, 0.05) is 35.6 Å². The van der Waals surface area contributed by atoms with E-state index >= 15 is 0 Å². The molecule has 1 aliphatic rings. The Balaban J connectivity index is 1.54. The van der Waals surface area contributed by atoms with E-state index in [-0.39, 0.29) is 11.7 Å². The number of aliphatic hydroxyl groups is 1. The van der Waals surface area contributed by atoms with Crippen LogP contribution in [-0.2, 0) is 0 Å². The van der Waals surface area contributed by atoms with Crippen molar-refractivity contribution in [1.29, 1.82) is 0 Å². The topological polar surface area (TPSA) is 106 Å². The number of anilines is 1. The van der Waals surface area contributed by atoms with Gasteiger partial charge >= 0.3 is 0 Å². The fourth-order valence-electron chi connectivity index (χ4n) is 4.17. The van der Waals surface area contributed by atoms with Crippen molar-refractivity contribution >= 4 is 17.1 Å². The summed E-state index contributed by atoms with van der Waals surface area (Å²) >= 11 is 0. The molecule has 3 heterocycles. The number of nitrogens with zero attached hydrogens (tertiary/aromatic N) is 4. The van der Waals surface area contributed by atoms with Crippen LogP contribution in [0.5, 0.6) is 0 Å². The Morgan fingerprint density at radius 3 is 2.60 bits per heavy atom. The van der Waals surface area contributed by atoms with Gasteiger partial charge in [-0.3, -0.25) is 14.2 Å². The zero-order valence-corrected chi connectivity index (χ0v) is 16.5. The van der Waals surface area contributed by atoms with Crippen molar-refractivity contribution in [3.63, 3.8) is 0 Å². The maximum Gasteiger partial charge on any atom is 0.211 e. The van der Waals surface area contributed by atoms with Crippen molar-refractivity contribution in [3.8, 4) is 11.3 Å². The first kappa shape index (κ1) is 18.4. The molecule has 0 radical (unpaired) electrons. The maximum atomic E-state index is 12.6. The lowest BCUT2D eigenvalue weighted by atomic mass is 9.72. The normalized spacial score (nSPS) is 20.8. The fraction of sp³-hybridized carbons (Fsp3) is 0.217. The third-order valence-corrected chi connectivity index (χ3v) is 5.65. The van der Waals surface area contributed by atoms with Crippen LogP contribution in [0.2, 0.25) is 0 Å². The zero-order valence-electron chi connectivity index (χ0n) is 16.5. The minimum atomic E-state index is -0.657. The number of rotatable bonds is 4. The Bertz CT molecular complexity index is 1240. The number of imidazole rings is 1. The molecule has 0 spiro atoms. The first-order valence-corrected chi connectivity index (χ1v) is 9.84. The van der Waals surface area contributed by atoms with Crippen molar-refractivity contribution in [2.75, 3.05) is 5.73 Å². The first-order chi connectivity index (χ1) is 14.4. The number of nitrogens with two attached hydrogens (primary N) is 1. The van der Waals surface area contributed by atoms with Crippen LogP contribution in [0.3, 0.4) is 0 Å². The summed E-state index contributed by atoms with van der Waals surface area (Å²) in [5, 5.41) is 10.2. The van der Waals surface area contributed by atoms with Gasteiger partial charge in [-0.05, 0) is 31.9 Å². The highest BCUT2D eigenvalue weighted by Gasteiger charge is 2.41. The highest BCUT2D eigenvalue weighted by molar-refractivity contribution is 6.07. The standard InChI is InChI=1S/C23H21N5O2/c1-23(30)11-16(12-23)22-27-18(19-21(24)25-9-10-28(19)22)15-7-8-17(26-13-15)20(29)14-5-3-2-4-6-14/h2-10,13,16,30H,11-12H2,1H3,(H2,24,25)/t16-,23-. The predicted octanol–water partition coefficient (Wildman–Crippen LogP) is 3.23. The van der Waals surface area contributed by atoms with Crippen LogP contribution in [0.4, 0.5) is 5.82 Å². The molecule has 0 amide bonds. The number of nitrogen functional groups attached to an aromatic ring is 1. The Morgan fingerprint density at radius 2 is 1.93 bits per heavy atom. The number of ketones is 1. The lowest BCUT2D eigenvalue weighted by Crippen LogP contribution is -2.40. The van der Waals surface area contributed by atoms with Crippen molar-refractivity contribution in [1.82, 2.24) is 19.4 Å². The molecular weight excluding hydrogens is 378 g/mol. The van der Waals surface area contributed by atoms with Gasteiger partial charge in [-0.2, -0.15) is 0 Å². The average Bonchev–Trinajstić information content (AvgIpc) is 3.13. The SMILES string of the molecule is C[C@]1(O)C[C@H](c2nc(-c3ccc(C(=O)c4ccccc4)nc3)c3c(N)nccn32)C1. The van der Waals surface area contributed by atoms with Gasteiger partial charge in [-0.1, -0.05) is 30.3 Å². The van der Waals surface area contributed by atoms with E-state index in [1.54, 1.807) is 30.6 Å². The number of benzene rings is 1. The van der Waals surface area contributed by atoms with Crippen LogP contribution in [0.25, 0.3) is 16.8 Å². The van der Waals surface area contributed by atoms with Crippen LogP contribution in [0, 0.1) is 0 Å². The lowest BCUT2D eigenvalue weighted by Gasteiger charge is -2.40. The largest absolute Gasteiger partial charge is 0.390 e. The lowest BCUT2D eigenvalue weighted by molar-refractivity contribution is -0.0335. The zero-order chi connectivity index (χ0) is 20.9. The van der Waals surface area contributed by atoms with Crippen molar-refractivity contribution < 1.29 is 9.90 Å². The molecule has 0 atom stereocenters. The van der Waals surface area contributed by atoms with E-state index < -0.39 is 5.60 Å². The van der Waals surface area contributed by atoms with Crippen molar-refractivity contribution in [2.24, 2.45) is 0 Å². The monoisotopic (exact) mass is 399 g/mol. The molecule has 150 valence electrons. The molecule has 0 bridgehead atoms. The van der Waals surface area contributed by atoms with E-state index in [2.05, 4.69) is 9.97 Å². The summed E-state index contributed by atoms with van der Waals surface area (Å²) in [7, 11) is 0. The summed E-state index contributed by atoms with van der Waals surface area (Å²) in [5.41, 5.74) is 8.63. The van der Waals surface area contributed by atoms with E-state index in [1.807, 2.05) is 41.8 Å². The van der Waals surface area contributed by atoms with Crippen LogP contribution in [0.1, 0.15) is 47.6 Å². The second kappa shape index (κ2) is 6.74. The molecule has 3 aromatic heterocycles. The van der Waals surface area contributed by atoms with Gasteiger partial charge in [0.05, 0.1) is 5.60 Å². The fourth-order valence-corrected chi connectivity index (χ4v) is 4.17. The van der Waals surface area contributed by atoms with Crippen LogP contribution < -0.4 is 5.73 Å². The van der Waals surface area contributed by atoms with Gasteiger partial charge in [-0.25, -0.2) is 9.97 Å². The number of hydrogen-bond acceptors (Lipinski definition) is 6. The Labute approximate surface area is 173 Å². The molecule has 4 aromatic rings. The molecule has 30 heavy (non-hydrogen) atoms. The highest BCUT2D eigenvalue weighted by Crippen LogP contribution is 2.45. The molecule has 1 fully saturated rings. The number of carbonyl (C=O) groups excluding carboxylic acids is 1. The van der Waals surface area contributed by atoms with Crippen molar-refractivity contribution in [2.45, 2.75) is 31.3 Å². The van der Waals surface area contributed by atoms with Gasteiger partial charge in [0.25, 0.3) is 0 Å². The van der Waals surface area contributed by atoms with E-state index in [1.165, 1.54) is 0 Å². The summed E-state index contributed by atoms with van der Waals surface area (Å²) in [6.45, 7) is 1.84. The Kier molecular flexibility index (Phi) is 4.15. The van der Waals surface area contributed by atoms with Gasteiger partial charge < -0.3 is 10.8 Å². The summed E-state index contributed by atoms with van der Waals surface area (Å²) in [6.07, 6.45) is 6.43. The van der Waals surface area contributed by atoms with Gasteiger partial charge in [-0.15, -0.1) is 0 Å². The number of fused-ring (bicyclic) bond motifs is 1. The maximum absolute atomic E-state index is 12.6. The Hall–Kier alpha value is -3.58. The summed E-state index contributed by atoms with van der Waals surface area (Å²) in [5.74, 6) is 1.25. The van der Waals surface area contributed by atoms with E-state index in [0.29, 0.717) is 41.1 Å². The highest BCUT2D eigenvalue weighted by atomic mass is 16.3. The molecule has 7 heteroatoms. The molecule has 1 saturated carbocycles. The molecule has 0 aliphatic heterocycles. The average molecular weight is 399 g/mol. The number of hydrogen-bond donors (Lipinski definition) is 2. The number of pyridine rings is 1. The van der Waals surface area contributed by atoms with Gasteiger partial charge in [0.2, 0.25) is 5.78 Å². The quantitative estimate of drug-likeness (QED) is 0.510. The summed E-state index contributed by atoms with van der Waals surface area (Å²) < 4.78 is 1.95. The number of carbonyl (C=O) groups is 1. The molecule has 5 rings (SSSR count). The van der Waals surface area contributed by atoms with Gasteiger partial charge in [0.15, 0.2) is 0 Å². The molecule has 1 aliphatic carbocycles. The third kappa shape index (κ3) is 3.04. The molecule has 7 nitrogen and oxygen atoms in total. The van der Waals surface area contributed by atoms with Crippen LogP contribution >= 0.6 is 0 Å². The van der Waals surface area contributed by atoms with Gasteiger partial charge in [0.1, 0.15) is 28.5 Å². The summed E-state index contributed by atoms with van der Waals surface area (Å²) in [4.78, 5) is 26.1. The van der Waals surface area contributed by atoms with E-state index in [0.717, 1.165) is 11.4 Å². The van der Waals surface area contributed by atoms with Crippen molar-refractivity contribution in [3.05, 3.63) is 78.1 Å². The van der Waals surface area contributed by atoms with Crippen LogP contribution in [0.15, 0.2) is 61.1 Å². The van der Waals surface area contributed by atoms with E-state index in [9.17, 15) is 9.90 Å². The van der Waals surface area contributed by atoms with Crippen LogP contribution in [-0.4, -0.2) is 35.8 Å². The second-order valence-corrected chi connectivity index (χ2v) is 8.08. The second-order valence-electron chi connectivity index (χ2n) is 8.08. The minimum absolute atomic E-state index is 0.129. The summed E-state index contributed by atoms with van der Waals surface area (Å²) in [6, 6.07) is 12.6. The number of aromatic nitrogens is 4. The minimum Gasteiger partial charge on any atom is -0.390 e.